The first-order chi connectivity index (χ1) is 16.3. The molecule has 1 aliphatic rings. The zero-order valence-corrected chi connectivity index (χ0v) is 20.0. The molecule has 0 radical (unpaired) electrons. The van der Waals surface area contributed by atoms with Crippen molar-refractivity contribution in [1.82, 2.24) is 4.98 Å². The molecular formula is C25H28N2O6S. The fourth-order valence-corrected chi connectivity index (χ4v) is 5.36. The van der Waals surface area contributed by atoms with Crippen molar-refractivity contribution in [3.8, 4) is 17.2 Å². The second-order valence-corrected chi connectivity index (χ2v) is 10.2. The molecule has 8 nitrogen and oxygen atoms in total. The maximum Gasteiger partial charge on any atom is 0.335 e. The van der Waals surface area contributed by atoms with Crippen LogP contribution in [0.4, 0.5) is 5.69 Å². The van der Waals surface area contributed by atoms with E-state index in [1.165, 1.54) is 63.0 Å². The number of aromatic carboxylic acids is 1. The number of hydrogen-bond acceptors (Lipinski definition) is 6. The maximum absolute atomic E-state index is 12.8. The maximum atomic E-state index is 12.8. The monoisotopic (exact) mass is 484 g/mol. The smallest absolute Gasteiger partial charge is 0.335 e. The van der Waals surface area contributed by atoms with Crippen molar-refractivity contribution >= 4 is 21.7 Å². The number of oxazole rings is 1. The van der Waals surface area contributed by atoms with Gasteiger partial charge < -0.3 is 14.3 Å². The van der Waals surface area contributed by atoms with Crippen LogP contribution < -0.4 is 9.46 Å². The van der Waals surface area contributed by atoms with E-state index < -0.39 is 16.0 Å². The summed E-state index contributed by atoms with van der Waals surface area (Å²) in [4.78, 5) is 15.3. The van der Waals surface area contributed by atoms with E-state index in [1.54, 1.807) is 0 Å². The first-order valence-corrected chi connectivity index (χ1v) is 12.8. The molecule has 0 aliphatic heterocycles. The van der Waals surface area contributed by atoms with Gasteiger partial charge in [0, 0.05) is 5.56 Å². The number of methoxy groups -OCH3 is 1. The predicted molar refractivity (Wildman–Crippen MR) is 128 cm³/mol. The minimum Gasteiger partial charge on any atom is -0.495 e. The average Bonchev–Trinajstić information content (AvgIpc) is 3.36. The first kappa shape index (κ1) is 23.8. The summed E-state index contributed by atoms with van der Waals surface area (Å²) in [5.41, 5.74) is 2.05. The van der Waals surface area contributed by atoms with Crippen LogP contribution in [-0.4, -0.2) is 31.6 Å². The molecule has 1 aromatic heterocycles. The van der Waals surface area contributed by atoms with Gasteiger partial charge in [0.05, 0.1) is 18.4 Å². The third-order valence-electron chi connectivity index (χ3n) is 6.50. The number of carbonyl (C=O) groups is 1. The van der Waals surface area contributed by atoms with Gasteiger partial charge >= 0.3 is 5.97 Å². The van der Waals surface area contributed by atoms with Crippen LogP contribution in [0.25, 0.3) is 11.5 Å². The minimum absolute atomic E-state index is 0.0228. The molecule has 9 heteroatoms. The van der Waals surface area contributed by atoms with Crippen LogP contribution in [0.5, 0.6) is 5.75 Å². The number of carboxylic acids is 1. The number of sulfonamides is 1. The molecule has 180 valence electrons. The molecule has 0 spiro atoms. The standard InChI is InChI=1S/C25H28N2O6S/c1-3-16-4-6-17(7-5-16)18-8-10-19(11-9-18)24-26-23(15-33-24)34(30,31)27-21-13-12-20(25(28)29)14-22(21)32-2/h8-17,27H,3-7H2,1-2H3,(H,28,29). The van der Waals surface area contributed by atoms with Gasteiger partial charge in [-0.15, -0.1) is 0 Å². The minimum atomic E-state index is -4.08. The van der Waals surface area contributed by atoms with Crippen LogP contribution in [0.3, 0.4) is 0 Å². The van der Waals surface area contributed by atoms with Crippen LogP contribution in [0.15, 0.2) is 58.2 Å². The molecule has 0 unspecified atom stereocenters. The molecule has 0 amide bonds. The van der Waals surface area contributed by atoms with Crippen LogP contribution in [0.1, 0.15) is 60.9 Å². The zero-order valence-electron chi connectivity index (χ0n) is 19.2. The lowest BCUT2D eigenvalue weighted by Gasteiger charge is -2.28. The molecule has 0 atom stereocenters. The summed E-state index contributed by atoms with van der Waals surface area (Å²) in [6, 6.07) is 11.8. The zero-order chi connectivity index (χ0) is 24.3. The van der Waals surface area contributed by atoms with Gasteiger partial charge in [-0.2, -0.15) is 13.4 Å². The van der Waals surface area contributed by atoms with Gasteiger partial charge in [0.2, 0.25) is 10.9 Å². The van der Waals surface area contributed by atoms with Crippen molar-refractivity contribution in [1.29, 1.82) is 0 Å². The lowest BCUT2D eigenvalue weighted by Crippen LogP contribution is -2.14. The predicted octanol–water partition coefficient (Wildman–Crippen LogP) is 5.53. The fourth-order valence-electron chi connectivity index (χ4n) is 4.42. The SMILES string of the molecule is CCC1CCC(c2ccc(-c3nc(S(=O)(=O)Nc4ccc(C(=O)O)cc4OC)co3)cc2)CC1. The summed E-state index contributed by atoms with van der Waals surface area (Å²) < 4.78 is 38.6. The number of aromatic nitrogens is 1. The molecule has 1 fully saturated rings. The van der Waals surface area contributed by atoms with Crippen LogP contribution in [-0.2, 0) is 10.0 Å². The summed E-state index contributed by atoms with van der Waals surface area (Å²) in [5.74, 6) is 0.537. The topological polar surface area (TPSA) is 119 Å². The van der Waals surface area contributed by atoms with Crippen molar-refractivity contribution < 1.29 is 27.5 Å². The highest BCUT2D eigenvalue weighted by atomic mass is 32.2. The van der Waals surface area contributed by atoms with Crippen molar-refractivity contribution in [2.45, 2.75) is 50.0 Å². The van der Waals surface area contributed by atoms with Gasteiger partial charge in [-0.25, -0.2) is 4.79 Å². The highest BCUT2D eigenvalue weighted by molar-refractivity contribution is 7.92. The number of nitrogens with one attached hydrogen (secondary N) is 1. The van der Waals surface area contributed by atoms with E-state index in [1.807, 2.05) is 12.1 Å². The normalized spacial score (nSPS) is 18.4. The molecular weight excluding hydrogens is 456 g/mol. The van der Waals surface area contributed by atoms with Gasteiger partial charge in [0.25, 0.3) is 10.0 Å². The van der Waals surface area contributed by atoms with Crippen molar-refractivity contribution in [2.75, 3.05) is 11.8 Å². The lowest BCUT2D eigenvalue weighted by atomic mass is 9.78. The van der Waals surface area contributed by atoms with Gasteiger partial charge in [-0.1, -0.05) is 25.5 Å². The Morgan fingerprint density at radius 1 is 1.15 bits per heavy atom. The summed E-state index contributed by atoms with van der Waals surface area (Å²) in [6.45, 7) is 2.26. The van der Waals surface area contributed by atoms with Crippen molar-refractivity contribution in [2.24, 2.45) is 5.92 Å². The number of carboxylic acid groups (broad SMARTS) is 1. The second-order valence-electron chi connectivity index (χ2n) is 8.56. The van der Waals surface area contributed by atoms with E-state index in [4.69, 9.17) is 14.3 Å². The molecule has 4 rings (SSSR count). The number of benzene rings is 2. The molecule has 2 N–H and O–H groups in total. The van der Waals surface area contributed by atoms with E-state index >= 15 is 0 Å². The van der Waals surface area contributed by atoms with Gasteiger partial charge in [0.15, 0.2) is 0 Å². The van der Waals surface area contributed by atoms with Gasteiger partial charge in [0.1, 0.15) is 12.0 Å². The molecule has 3 aromatic rings. The Balaban J connectivity index is 1.49. The van der Waals surface area contributed by atoms with E-state index in [0.29, 0.717) is 11.5 Å². The van der Waals surface area contributed by atoms with Crippen LogP contribution >= 0.6 is 0 Å². The number of anilines is 1. The first-order valence-electron chi connectivity index (χ1n) is 11.3. The number of nitrogens with zero attached hydrogens (tertiary/aromatic N) is 1. The highest BCUT2D eigenvalue weighted by Gasteiger charge is 2.24. The molecule has 0 saturated heterocycles. The number of ether oxygens (including phenoxy) is 1. The Morgan fingerprint density at radius 2 is 1.85 bits per heavy atom. The third kappa shape index (κ3) is 5.09. The Bertz CT molecular complexity index is 1260. The van der Waals surface area contributed by atoms with Crippen molar-refractivity contribution in [3.05, 3.63) is 59.9 Å². The van der Waals surface area contributed by atoms with Crippen LogP contribution in [0.2, 0.25) is 0 Å². The number of rotatable bonds is 8. The molecule has 1 aliphatic carbocycles. The molecule has 0 bridgehead atoms. The van der Waals surface area contributed by atoms with Crippen molar-refractivity contribution in [3.63, 3.8) is 0 Å². The van der Waals surface area contributed by atoms with Gasteiger partial charge in [-0.3, -0.25) is 4.72 Å². The summed E-state index contributed by atoms with van der Waals surface area (Å²) in [6.07, 6.45) is 7.25. The molecule has 1 heterocycles. The van der Waals surface area contributed by atoms with E-state index in [9.17, 15) is 13.2 Å². The largest absolute Gasteiger partial charge is 0.495 e. The Kier molecular flexibility index (Phi) is 6.92. The summed E-state index contributed by atoms with van der Waals surface area (Å²) in [5, 5.41) is 8.83. The molecule has 2 aromatic carbocycles. The van der Waals surface area contributed by atoms with E-state index in [2.05, 4.69) is 28.8 Å². The Labute approximate surface area is 199 Å². The average molecular weight is 485 g/mol. The Morgan fingerprint density at radius 3 is 2.47 bits per heavy atom. The molecule has 1 saturated carbocycles. The number of hydrogen-bond donors (Lipinski definition) is 2. The van der Waals surface area contributed by atoms with E-state index in [-0.39, 0.29) is 27.9 Å². The Hall–Kier alpha value is -3.33. The van der Waals surface area contributed by atoms with Crippen LogP contribution in [0, 0.1) is 5.92 Å². The highest BCUT2D eigenvalue weighted by Crippen LogP contribution is 2.37. The van der Waals surface area contributed by atoms with Gasteiger partial charge in [-0.05, 0) is 73.4 Å². The van der Waals surface area contributed by atoms with E-state index in [0.717, 1.165) is 12.2 Å². The third-order valence-corrected chi connectivity index (χ3v) is 7.73. The summed E-state index contributed by atoms with van der Waals surface area (Å²) >= 11 is 0. The quantitative estimate of drug-likeness (QED) is 0.431. The second kappa shape index (κ2) is 9.89. The summed E-state index contributed by atoms with van der Waals surface area (Å²) in [7, 11) is -2.76. The lowest BCUT2D eigenvalue weighted by molar-refractivity contribution is 0.0696. The molecule has 34 heavy (non-hydrogen) atoms. The fraction of sp³-hybridized carbons (Fsp3) is 0.360.